The van der Waals surface area contributed by atoms with Crippen LogP contribution in [0.2, 0.25) is 0 Å². The molecule has 0 aliphatic heterocycles. The zero-order chi connectivity index (χ0) is 30.9. The number of nitriles is 1. The largest absolute Gasteiger partial charge is 0.447 e. The average molecular weight is 591 g/mol. The highest BCUT2D eigenvalue weighted by molar-refractivity contribution is 6.01. The lowest BCUT2D eigenvalue weighted by atomic mass is 9.44. The summed E-state index contributed by atoms with van der Waals surface area (Å²) < 4.78 is 44.9. The van der Waals surface area contributed by atoms with E-state index < -0.39 is 76.5 Å². The Morgan fingerprint density at radius 3 is 2.65 bits per heavy atom. The summed E-state index contributed by atoms with van der Waals surface area (Å²) in [6.45, 7) is 4.19. The van der Waals surface area contributed by atoms with E-state index in [-0.39, 0.29) is 30.5 Å². The minimum Gasteiger partial charge on any atom is -0.447 e. The molecule has 6 rings (SSSR count). The fourth-order valence-electron chi connectivity index (χ4n) is 8.80. The van der Waals surface area contributed by atoms with Crippen LogP contribution >= 0.6 is 0 Å². The van der Waals surface area contributed by atoms with Gasteiger partial charge in [-0.1, -0.05) is 44.2 Å². The van der Waals surface area contributed by atoms with Crippen LogP contribution < -0.4 is 0 Å². The summed E-state index contributed by atoms with van der Waals surface area (Å²) in [4.78, 5) is 44.2. The Bertz CT molecular complexity index is 1650. The van der Waals surface area contributed by atoms with Crippen LogP contribution in [0.1, 0.15) is 50.5 Å². The zero-order valence-corrected chi connectivity index (χ0v) is 24.1. The maximum atomic E-state index is 17.6. The number of benzene rings is 1. The molecule has 0 radical (unpaired) electrons. The molecule has 1 heterocycles. The number of ketones is 1. The molecule has 2 aromatic rings. The van der Waals surface area contributed by atoms with Crippen molar-refractivity contribution in [1.29, 1.82) is 5.26 Å². The third-order valence-electron chi connectivity index (χ3n) is 10.8. The third-order valence-corrected chi connectivity index (χ3v) is 10.8. The van der Waals surface area contributed by atoms with Crippen LogP contribution in [-0.4, -0.2) is 58.0 Å². The second-order valence-corrected chi connectivity index (χ2v) is 12.7. The Kier molecular flexibility index (Phi) is 6.62. The molecular formula is C33H32F2N2O6. The first-order chi connectivity index (χ1) is 20.3. The Hall–Kier alpha value is -3.97. The molecule has 8 nitrogen and oxygen atoms in total. The van der Waals surface area contributed by atoms with Gasteiger partial charge in [0.15, 0.2) is 18.1 Å². The van der Waals surface area contributed by atoms with Gasteiger partial charge in [0.25, 0.3) is 0 Å². The number of fused-ring (bicyclic) bond motifs is 6. The second kappa shape index (κ2) is 9.78. The molecule has 9 atom stereocenters. The van der Waals surface area contributed by atoms with Gasteiger partial charge in [0.05, 0.1) is 11.6 Å². The Labute approximate surface area is 247 Å². The van der Waals surface area contributed by atoms with Crippen LogP contribution in [-0.2, 0) is 19.1 Å². The van der Waals surface area contributed by atoms with E-state index in [0.717, 1.165) is 11.5 Å². The van der Waals surface area contributed by atoms with Gasteiger partial charge in [-0.25, -0.2) is 23.4 Å². The first-order valence-corrected chi connectivity index (χ1v) is 14.4. The molecule has 1 N–H and O–H groups in total. The predicted molar refractivity (Wildman–Crippen MR) is 150 cm³/mol. The highest BCUT2D eigenvalue weighted by Gasteiger charge is 2.78. The summed E-state index contributed by atoms with van der Waals surface area (Å²) in [7, 11) is 0. The van der Waals surface area contributed by atoms with Gasteiger partial charge >= 0.3 is 11.9 Å². The lowest BCUT2D eigenvalue weighted by molar-refractivity contribution is -0.230. The van der Waals surface area contributed by atoms with Gasteiger partial charge in [-0.2, -0.15) is 5.26 Å². The van der Waals surface area contributed by atoms with Gasteiger partial charge in [-0.15, -0.1) is 0 Å². The number of para-hydroxylation sites is 1. The minimum atomic E-state index is -2.38. The molecule has 10 heteroatoms. The van der Waals surface area contributed by atoms with Crippen molar-refractivity contribution in [3.8, 4) is 6.07 Å². The molecule has 0 amide bonds. The van der Waals surface area contributed by atoms with Gasteiger partial charge in [0, 0.05) is 28.1 Å². The lowest BCUT2D eigenvalue weighted by Gasteiger charge is -2.63. The van der Waals surface area contributed by atoms with E-state index in [9.17, 15) is 19.5 Å². The summed E-state index contributed by atoms with van der Waals surface area (Å²) in [6, 6.07) is 12.1. The quantitative estimate of drug-likeness (QED) is 0.505. The fraction of sp³-hybridized carbons (Fsp3) is 0.485. The number of hydrogen-bond donors (Lipinski definition) is 1. The highest BCUT2D eigenvalue weighted by atomic mass is 19.1. The number of halogens is 2. The number of nitrogens with zero attached hydrogens (tertiary/aromatic N) is 2. The number of pyridine rings is 1. The van der Waals surface area contributed by atoms with Gasteiger partial charge in [0.1, 0.15) is 17.9 Å². The number of hydrogen-bond acceptors (Lipinski definition) is 8. The Balaban J connectivity index is 1.45. The fourth-order valence-corrected chi connectivity index (χ4v) is 8.80. The van der Waals surface area contributed by atoms with Crippen molar-refractivity contribution in [3.05, 3.63) is 65.9 Å². The third kappa shape index (κ3) is 3.80. The molecule has 224 valence electrons. The molecule has 3 saturated carbocycles. The van der Waals surface area contributed by atoms with Crippen molar-refractivity contribution < 1.29 is 37.7 Å². The Morgan fingerprint density at radius 1 is 1.16 bits per heavy atom. The Morgan fingerprint density at radius 2 is 1.91 bits per heavy atom. The topological polar surface area (TPSA) is 127 Å². The van der Waals surface area contributed by atoms with Crippen molar-refractivity contribution >= 4 is 28.6 Å². The summed E-state index contributed by atoms with van der Waals surface area (Å²) in [6.07, 6.45) is -0.228. The number of carbonyl (C=O) groups is 3. The molecule has 0 bridgehead atoms. The number of rotatable bonds is 4. The van der Waals surface area contributed by atoms with Crippen LogP contribution in [0.25, 0.3) is 10.9 Å². The van der Waals surface area contributed by atoms with E-state index in [4.69, 9.17) is 14.7 Å². The first-order valence-electron chi connectivity index (χ1n) is 14.4. The van der Waals surface area contributed by atoms with Crippen molar-refractivity contribution in [3.63, 3.8) is 0 Å². The zero-order valence-electron chi connectivity index (χ0n) is 24.1. The number of esters is 2. The summed E-state index contributed by atoms with van der Waals surface area (Å²) in [5, 5.41) is 21.6. The van der Waals surface area contributed by atoms with Gasteiger partial charge < -0.3 is 14.6 Å². The van der Waals surface area contributed by atoms with Gasteiger partial charge in [-0.05, 0) is 62.0 Å². The maximum Gasteiger partial charge on any atom is 0.358 e. The van der Waals surface area contributed by atoms with E-state index in [1.807, 2.05) is 12.1 Å². The molecule has 0 saturated heterocycles. The summed E-state index contributed by atoms with van der Waals surface area (Å²) in [5.41, 5.74) is -6.98. The number of alkyl halides is 2. The SMILES string of the molecule is C[C@@H]1C[C@H]2[C@@H]3C[C@H](F)C4=CC(=O)C=C[C@]4(C)[C@@]3(F)[C@@H](O)C[C@]2(C)[C@@]1(OC(=O)c1ccc2ccccc2n1)C(=O)OCC#N. The van der Waals surface area contributed by atoms with Crippen molar-refractivity contribution in [1.82, 2.24) is 4.98 Å². The summed E-state index contributed by atoms with van der Waals surface area (Å²) >= 11 is 0. The highest BCUT2D eigenvalue weighted by Crippen LogP contribution is 2.71. The van der Waals surface area contributed by atoms with Crippen LogP contribution in [0.15, 0.2) is 60.2 Å². The van der Waals surface area contributed by atoms with Crippen LogP contribution in [0.5, 0.6) is 0 Å². The molecule has 43 heavy (non-hydrogen) atoms. The lowest BCUT2D eigenvalue weighted by Crippen LogP contribution is -2.71. The van der Waals surface area contributed by atoms with E-state index in [0.29, 0.717) is 5.52 Å². The van der Waals surface area contributed by atoms with E-state index in [1.165, 1.54) is 25.1 Å². The molecule has 3 fully saturated rings. The number of aromatic nitrogens is 1. The van der Waals surface area contributed by atoms with Crippen molar-refractivity contribution in [2.75, 3.05) is 6.61 Å². The van der Waals surface area contributed by atoms with Gasteiger partial charge in [0.2, 0.25) is 5.60 Å². The molecule has 4 aliphatic carbocycles. The maximum absolute atomic E-state index is 17.6. The molecule has 1 aromatic heterocycles. The average Bonchev–Trinajstić information content (AvgIpc) is 3.20. The molecule has 1 aromatic carbocycles. The van der Waals surface area contributed by atoms with Crippen molar-refractivity contribution in [2.24, 2.45) is 28.6 Å². The van der Waals surface area contributed by atoms with Crippen LogP contribution in [0.4, 0.5) is 8.78 Å². The standard InChI is InChI=1S/C33H32F2N2O6/c1-18-14-21-22-16-24(34)23-15-20(38)10-11-30(23,2)32(22,35)27(39)17-31(21,3)33(18,29(41)42-13-12-36)43-28(40)26-9-8-19-6-4-5-7-25(19)37-26/h4-11,15,18,21-22,24,27,39H,13-14,16-17H2,1-3H3/t18-,21+,22+,24+,27+,30+,31+,32+,33+/m1/s1. The van der Waals surface area contributed by atoms with E-state index in [2.05, 4.69) is 4.98 Å². The number of aliphatic hydroxyl groups is 1. The van der Waals surface area contributed by atoms with Crippen LogP contribution in [0.3, 0.4) is 0 Å². The normalized spacial score (nSPS) is 39.6. The minimum absolute atomic E-state index is 0.0130. The number of aliphatic hydroxyl groups excluding tert-OH is 1. The number of allylic oxidation sites excluding steroid dienone is 4. The number of carbonyl (C=O) groups excluding carboxylic acids is 3. The molecule has 4 aliphatic rings. The van der Waals surface area contributed by atoms with Crippen LogP contribution in [0, 0.1) is 39.9 Å². The predicted octanol–water partition coefficient (Wildman–Crippen LogP) is 4.76. The van der Waals surface area contributed by atoms with E-state index >= 15 is 8.78 Å². The molecule has 0 spiro atoms. The van der Waals surface area contributed by atoms with Gasteiger partial charge in [-0.3, -0.25) is 4.79 Å². The first kappa shape index (κ1) is 29.1. The molecule has 0 unspecified atom stereocenters. The van der Waals surface area contributed by atoms with E-state index in [1.54, 1.807) is 38.1 Å². The monoisotopic (exact) mass is 590 g/mol. The summed E-state index contributed by atoms with van der Waals surface area (Å²) in [5.74, 6) is -4.93. The smallest absolute Gasteiger partial charge is 0.358 e. The number of ether oxygens (including phenoxy) is 2. The van der Waals surface area contributed by atoms with Crippen molar-refractivity contribution in [2.45, 2.75) is 63.6 Å². The molecular weight excluding hydrogens is 558 g/mol. The second-order valence-electron chi connectivity index (χ2n) is 12.7.